The first kappa shape index (κ1) is 11.9. The van der Waals surface area contributed by atoms with Crippen LogP contribution in [0.5, 0.6) is 11.6 Å². The van der Waals surface area contributed by atoms with Crippen molar-refractivity contribution in [2.75, 3.05) is 0 Å². The van der Waals surface area contributed by atoms with Gasteiger partial charge >= 0.3 is 0 Å². The summed E-state index contributed by atoms with van der Waals surface area (Å²) in [5.41, 5.74) is 1.32. The van der Waals surface area contributed by atoms with E-state index in [1.165, 1.54) is 5.56 Å². The second-order valence-corrected chi connectivity index (χ2v) is 4.25. The Balaban J connectivity index is 2.05. The molecule has 1 heterocycles. The topological polar surface area (TPSA) is 22.1 Å². The maximum atomic E-state index is 5.75. The molecule has 0 bridgehead atoms. The molecule has 0 spiro atoms. The molecule has 2 rings (SSSR count). The molecule has 0 saturated carbocycles. The molecule has 0 aliphatic rings. The van der Waals surface area contributed by atoms with Crippen molar-refractivity contribution in [3.8, 4) is 11.6 Å². The number of nitrogens with zero attached hydrogens (tertiary/aromatic N) is 1. The minimum Gasteiger partial charge on any atom is -0.439 e. The van der Waals surface area contributed by atoms with E-state index in [0.29, 0.717) is 10.9 Å². The van der Waals surface area contributed by atoms with Crippen LogP contribution in [0.15, 0.2) is 42.6 Å². The van der Waals surface area contributed by atoms with Crippen LogP contribution >= 0.6 is 11.6 Å². The Bertz CT molecular complexity index is 465. The van der Waals surface area contributed by atoms with Crippen LogP contribution < -0.4 is 4.74 Å². The van der Waals surface area contributed by atoms with E-state index >= 15 is 0 Å². The summed E-state index contributed by atoms with van der Waals surface area (Å²) in [5, 5.41) is 0.607. The zero-order valence-corrected chi connectivity index (χ0v) is 10.4. The van der Waals surface area contributed by atoms with Gasteiger partial charge in [0.25, 0.3) is 0 Å². The van der Waals surface area contributed by atoms with Crippen molar-refractivity contribution in [1.29, 1.82) is 0 Å². The van der Waals surface area contributed by atoms with Gasteiger partial charge in [-0.2, -0.15) is 0 Å². The summed E-state index contributed by atoms with van der Waals surface area (Å²) < 4.78 is 5.60. The second-order valence-electron chi connectivity index (χ2n) is 3.81. The summed E-state index contributed by atoms with van der Waals surface area (Å²) in [6.45, 7) is 2.17. The van der Waals surface area contributed by atoms with Crippen LogP contribution in [0.4, 0.5) is 0 Å². The predicted octanol–water partition coefficient (Wildman–Crippen LogP) is 4.48. The lowest BCUT2D eigenvalue weighted by Crippen LogP contribution is -1.88. The van der Waals surface area contributed by atoms with Crippen molar-refractivity contribution in [2.45, 2.75) is 19.8 Å². The Labute approximate surface area is 106 Å². The first-order chi connectivity index (χ1) is 8.28. The lowest BCUT2D eigenvalue weighted by Gasteiger charge is -2.05. The molecule has 0 atom stereocenters. The fraction of sp³-hybridized carbons (Fsp3) is 0.214. The van der Waals surface area contributed by atoms with Crippen molar-refractivity contribution in [1.82, 2.24) is 4.98 Å². The number of aromatic nitrogens is 1. The van der Waals surface area contributed by atoms with Gasteiger partial charge < -0.3 is 4.74 Å². The first-order valence-corrected chi connectivity index (χ1v) is 6.04. The van der Waals surface area contributed by atoms with Gasteiger partial charge in [0.1, 0.15) is 5.75 Å². The van der Waals surface area contributed by atoms with Gasteiger partial charge in [0.05, 0.1) is 5.02 Å². The highest BCUT2D eigenvalue weighted by Gasteiger charge is 1.99. The average Bonchev–Trinajstić information content (AvgIpc) is 2.35. The second kappa shape index (κ2) is 5.69. The zero-order chi connectivity index (χ0) is 12.1. The van der Waals surface area contributed by atoms with E-state index in [1.54, 1.807) is 18.3 Å². The molecule has 0 fully saturated rings. The number of benzene rings is 1. The summed E-state index contributed by atoms with van der Waals surface area (Å²) in [4.78, 5) is 4.08. The lowest BCUT2D eigenvalue weighted by atomic mass is 10.1. The van der Waals surface area contributed by atoms with E-state index < -0.39 is 0 Å². The molecular weight excluding hydrogens is 234 g/mol. The summed E-state index contributed by atoms with van der Waals surface area (Å²) >= 11 is 5.75. The van der Waals surface area contributed by atoms with Gasteiger partial charge in [0, 0.05) is 12.3 Å². The molecule has 0 amide bonds. The van der Waals surface area contributed by atoms with Crippen molar-refractivity contribution in [3.63, 3.8) is 0 Å². The number of rotatable bonds is 4. The van der Waals surface area contributed by atoms with Crippen LogP contribution in [-0.4, -0.2) is 4.98 Å². The highest BCUT2D eigenvalue weighted by molar-refractivity contribution is 6.30. The van der Waals surface area contributed by atoms with Gasteiger partial charge in [0.2, 0.25) is 5.88 Å². The fourth-order valence-electron chi connectivity index (χ4n) is 1.56. The number of pyridine rings is 1. The highest BCUT2D eigenvalue weighted by atomic mass is 35.5. The van der Waals surface area contributed by atoms with Crippen LogP contribution in [0.25, 0.3) is 0 Å². The van der Waals surface area contributed by atoms with Gasteiger partial charge in [-0.25, -0.2) is 4.98 Å². The van der Waals surface area contributed by atoms with E-state index in [1.807, 2.05) is 12.1 Å². The highest BCUT2D eigenvalue weighted by Crippen LogP contribution is 2.21. The molecule has 0 radical (unpaired) electrons. The van der Waals surface area contributed by atoms with E-state index in [2.05, 4.69) is 24.0 Å². The van der Waals surface area contributed by atoms with E-state index in [9.17, 15) is 0 Å². The Morgan fingerprint density at radius 1 is 1.12 bits per heavy atom. The molecule has 2 nitrogen and oxygen atoms in total. The van der Waals surface area contributed by atoms with Crippen LogP contribution in [0, 0.1) is 0 Å². The molecule has 0 aliphatic carbocycles. The third-order valence-electron chi connectivity index (χ3n) is 2.38. The Morgan fingerprint density at radius 2 is 1.88 bits per heavy atom. The van der Waals surface area contributed by atoms with Gasteiger partial charge in [-0.3, -0.25) is 0 Å². The van der Waals surface area contributed by atoms with Crippen LogP contribution in [0.2, 0.25) is 5.02 Å². The largest absolute Gasteiger partial charge is 0.439 e. The van der Waals surface area contributed by atoms with Crippen LogP contribution in [-0.2, 0) is 6.42 Å². The zero-order valence-electron chi connectivity index (χ0n) is 9.69. The number of ether oxygens (including phenoxy) is 1. The van der Waals surface area contributed by atoms with Gasteiger partial charge in [-0.1, -0.05) is 37.1 Å². The summed E-state index contributed by atoms with van der Waals surface area (Å²) in [7, 11) is 0. The van der Waals surface area contributed by atoms with Crippen molar-refractivity contribution >= 4 is 11.6 Å². The quantitative estimate of drug-likeness (QED) is 0.795. The molecule has 2 aromatic rings. The maximum Gasteiger partial charge on any atom is 0.219 e. The summed E-state index contributed by atoms with van der Waals surface area (Å²) in [5.74, 6) is 1.34. The molecule has 0 N–H and O–H groups in total. The van der Waals surface area contributed by atoms with E-state index in [0.717, 1.165) is 18.6 Å². The molecule has 88 valence electrons. The normalized spacial score (nSPS) is 10.2. The third-order valence-corrected chi connectivity index (χ3v) is 2.61. The van der Waals surface area contributed by atoms with E-state index in [-0.39, 0.29) is 0 Å². The summed E-state index contributed by atoms with van der Waals surface area (Å²) in [6.07, 6.45) is 3.82. The maximum absolute atomic E-state index is 5.75. The van der Waals surface area contributed by atoms with E-state index in [4.69, 9.17) is 16.3 Å². The molecule has 0 saturated heterocycles. The average molecular weight is 248 g/mol. The van der Waals surface area contributed by atoms with Crippen molar-refractivity contribution in [3.05, 3.63) is 53.2 Å². The first-order valence-electron chi connectivity index (χ1n) is 5.66. The number of hydrogen-bond donors (Lipinski definition) is 0. The monoisotopic (exact) mass is 247 g/mol. The molecule has 1 aromatic carbocycles. The lowest BCUT2D eigenvalue weighted by molar-refractivity contribution is 0.463. The minimum atomic E-state index is 0.553. The van der Waals surface area contributed by atoms with Gasteiger partial charge in [-0.05, 0) is 30.2 Å². The predicted molar refractivity (Wildman–Crippen MR) is 69.8 cm³/mol. The SMILES string of the molecule is CCCc1ccc(Oc2ccc(Cl)cn2)cc1. The molecule has 0 unspecified atom stereocenters. The minimum absolute atomic E-state index is 0.553. The Kier molecular flexibility index (Phi) is 3.99. The molecule has 17 heavy (non-hydrogen) atoms. The molecular formula is C14H14ClNO. The van der Waals surface area contributed by atoms with Crippen LogP contribution in [0.3, 0.4) is 0 Å². The number of halogens is 1. The Morgan fingerprint density at radius 3 is 2.47 bits per heavy atom. The van der Waals surface area contributed by atoms with Crippen molar-refractivity contribution in [2.24, 2.45) is 0 Å². The van der Waals surface area contributed by atoms with Crippen molar-refractivity contribution < 1.29 is 4.74 Å². The molecule has 1 aromatic heterocycles. The number of aryl methyl sites for hydroxylation is 1. The fourth-order valence-corrected chi connectivity index (χ4v) is 1.67. The van der Waals surface area contributed by atoms with Gasteiger partial charge in [-0.15, -0.1) is 0 Å². The van der Waals surface area contributed by atoms with Gasteiger partial charge in [0.15, 0.2) is 0 Å². The summed E-state index contributed by atoms with van der Waals surface area (Å²) in [6, 6.07) is 11.6. The molecule has 0 aliphatic heterocycles. The smallest absolute Gasteiger partial charge is 0.219 e. The number of hydrogen-bond acceptors (Lipinski definition) is 2. The molecule has 3 heteroatoms. The standard InChI is InChI=1S/C14H14ClNO/c1-2-3-11-4-7-13(8-5-11)17-14-9-6-12(15)10-16-14/h4-10H,2-3H2,1H3. The Hall–Kier alpha value is -1.54. The third kappa shape index (κ3) is 3.46. The van der Waals surface area contributed by atoms with Crippen LogP contribution in [0.1, 0.15) is 18.9 Å².